The minimum atomic E-state index is -3.96. The summed E-state index contributed by atoms with van der Waals surface area (Å²) in [4.78, 5) is 28.6. The normalized spacial score (nSPS) is 21.1. The molecule has 2 fully saturated rings. The van der Waals surface area contributed by atoms with E-state index in [0.29, 0.717) is 35.9 Å². The molecule has 0 spiro atoms. The molecule has 1 unspecified atom stereocenters. The largest absolute Gasteiger partial charge is 0.486 e. The number of hydrogen-bond donors (Lipinski definition) is 3. The van der Waals surface area contributed by atoms with E-state index in [0.717, 1.165) is 18.4 Å². The number of nitrogens with zero attached hydrogens (tertiary/aromatic N) is 1. The van der Waals surface area contributed by atoms with Crippen molar-refractivity contribution in [3.05, 3.63) is 48.0 Å². The molecule has 12 heteroatoms. The van der Waals surface area contributed by atoms with Crippen molar-refractivity contribution < 1.29 is 32.3 Å². The summed E-state index contributed by atoms with van der Waals surface area (Å²) in [6, 6.07) is 11.9. The number of carbonyl (C=O) groups excluding carboxylic acids is 2. The van der Waals surface area contributed by atoms with Crippen LogP contribution >= 0.6 is 0 Å². The Morgan fingerprint density at radius 2 is 1.95 bits per heavy atom. The molecule has 0 aromatic heterocycles. The van der Waals surface area contributed by atoms with E-state index in [9.17, 15) is 18.0 Å². The highest BCUT2D eigenvalue weighted by Gasteiger charge is 2.36. The van der Waals surface area contributed by atoms with Gasteiger partial charge < -0.3 is 19.6 Å². The van der Waals surface area contributed by atoms with E-state index >= 15 is 0 Å². The molecule has 0 radical (unpaired) electrons. The minimum absolute atomic E-state index is 0.0560. The maximum absolute atomic E-state index is 14.0. The highest BCUT2D eigenvalue weighted by molar-refractivity contribution is 7.92. The molecule has 2 aromatic rings. The van der Waals surface area contributed by atoms with Gasteiger partial charge in [-0.1, -0.05) is 12.1 Å². The topological polar surface area (TPSA) is 135 Å². The molecule has 11 nitrogen and oxygen atoms in total. The zero-order valence-corrected chi connectivity index (χ0v) is 22.3. The minimum Gasteiger partial charge on any atom is -0.486 e. The number of rotatable bonds is 7. The van der Waals surface area contributed by atoms with Crippen LogP contribution in [0.2, 0.25) is 0 Å². The van der Waals surface area contributed by atoms with Gasteiger partial charge in [0.1, 0.15) is 23.6 Å². The highest BCUT2D eigenvalue weighted by Crippen LogP contribution is 2.43. The maximum atomic E-state index is 14.0. The molecule has 0 bridgehead atoms. The first kappa shape index (κ1) is 26.1. The number of nitrogens with one attached hydrogen (secondary N) is 3. The van der Waals surface area contributed by atoms with Crippen molar-refractivity contribution in [1.82, 2.24) is 10.8 Å². The zero-order valence-electron chi connectivity index (χ0n) is 21.5. The Balaban J connectivity index is 1.43. The molecule has 5 rings (SSSR count). The molecule has 1 aliphatic carbocycles. The van der Waals surface area contributed by atoms with Crippen LogP contribution in [0.5, 0.6) is 5.75 Å². The molecule has 38 heavy (non-hydrogen) atoms. The van der Waals surface area contributed by atoms with Crippen LogP contribution in [-0.2, 0) is 19.6 Å². The molecule has 2 atom stereocenters. The summed E-state index contributed by atoms with van der Waals surface area (Å²) in [5, 5.41) is 5.30. The molecule has 2 aliphatic heterocycles. The van der Waals surface area contributed by atoms with Crippen molar-refractivity contribution in [1.29, 1.82) is 0 Å². The van der Waals surface area contributed by atoms with Crippen molar-refractivity contribution in [3.63, 3.8) is 0 Å². The summed E-state index contributed by atoms with van der Waals surface area (Å²) < 4.78 is 40.8. The van der Waals surface area contributed by atoms with Gasteiger partial charge in [-0.3, -0.25) is 9.62 Å². The number of anilines is 2. The monoisotopic (exact) mass is 544 g/mol. The molecule has 1 saturated heterocycles. The predicted molar refractivity (Wildman–Crippen MR) is 139 cm³/mol. The van der Waals surface area contributed by atoms with Gasteiger partial charge >= 0.3 is 12.2 Å². The summed E-state index contributed by atoms with van der Waals surface area (Å²) in [6.07, 6.45) is 0.951. The van der Waals surface area contributed by atoms with Crippen molar-refractivity contribution in [2.24, 2.45) is 0 Å². The molecule has 204 valence electrons. The second-order valence-electron chi connectivity index (χ2n) is 10.7. The van der Waals surface area contributed by atoms with Gasteiger partial charge in [0.05, 0.1) is 17.1 Å². The van der Waals surface area contributed by atoms with Crippen LogP contribution in [-0.4, -0.2) is 45.0 Å². The van der Waals surface area contributed by atoms with E-state index in [-0.39, 0.29) is 11.4 Å². The Hall–Kier alpha value is -3.51. The van der Waals surface area contributed by atoms with E-state index < -0.39 is 40.1 Å². The second-order valence-corrected chi connectivity index (χ2v) is 12.6. The number of sulfonamides is 1. The van der Waals surface area contributed by atoms with E-state index in [2.05, 4.69) is 16.1 Å². The van der Waals surface area contributed by atoms with E-state index in [1.807, 2.05) is 6.07 Å². The standard InChI is InChI=1S/C26H32N4O7S/c1-26(2,3)36-24(31)27-18-9-11-22-21(14-18)30(15-19(35-22)10-12-23-28-25(32)37-29-23)38(33,34)20-6-4-5-17(13-20)16-7-8-16/h4-6,9,11,13-14,16,19,23,29H,7-8,10,12,15H2,1-3H3,(H,27,31)(H,28,32)/t19-,23?/m0/s1. The molecular weight excluding hydrogens is 512 g/mol. The lowest BCUT2D eigenvalue weighted by Gasteiger charge is -2.36. The van der Waals surface area contributed by atoms with Crippen molar-refractivity contribution in [3.8, 4) is 5.75 Å². The predicted octanol–water partition coefficient (Wildman–Crippen LogP) is 4.22. The highest BCUT2D eigenvalue weighted by atomic mass is 32.2. The fraction of sp³-hybridized carbons (Fsp3) is 0.462. The number of carbonyl (C=O) groups is 2. The Morgan fingerprint density at radius 3 is 2.63 bits per heavy atom. The third kappa shape index (κ3) is 5.97. The van der Waals surface area contributed by atoms with Crippen LogP contribution in [0, 0.1) is 0 Å². The Bertz CT molecular complexity index is 1340. The van der Waals surface area contributed by atoms with E-state index in [4.69, 9.17) is 14.3 Å². The van der Waals surface area contributed by atoms with Gasteiger partial charge in [0.25, 0.3) is 10.0 Å². The van der Waals surface area contributed by atoms with Crippen molar-refractivity contribution in [2.45, 2.75) is 75.1 Å². The van der Waals surface area contributed by atoms with Crippen molar-refractivity contribution in [2.75, 3.05) is 16.2 Å². The first-order chi connectivity index (χ1) is 18.0. The smallest absolute Gasteiger partial charge is 0.427 e. The fourth-order valence-electron chi connectivity index (χ4n) is 4.47. The number of hydroxylamine groups is 1. The number of hydrogen-bond acceptors (Lipinski definition) is 8. The van der Waals surface area contributed by atoms with Crippen LogP contribution in [0.15, 0.2) is 47.4 Å². The van der Waals surface area contributed by atoms with Gasteiger partial charge in [-0.05, 0) is 88.3 Å². The van der Waals surface area contributed by atoms with Crippen LogP contribution in [0.3, 0.4) is 0 Å². The Kier molecular flexibility index (Phi) is 6.86. The average molecular weight is 545 g/mol. The first-order valence-corrected chi connectivity index (χ1v) is 14.1. The number of ether oxygens (including phenoxy) is 2. The summed E-state index contributed by atoms with van der Waals surface area (Å²) in [6.45, 7) is 5.34. The SMILES string of the molecule is CC(C)(C)OC(=O)Nc1ccc2c(c1)N(S(=O)(=O)c1cccc(C3CC3)c1)C[C@H](CCC1NOC(=O)N1)O2. The van der Waals surface area contributed by atoms with Crippen molar-refractivity contribution >= 4 is 33.6 Å². The number of amides is 2. The number of benzene rings is 2. The third-order valence-corrected chi connectivity index (χ3v) is 8.17. The molecule has 3 N–H and O–H groups in total. The van der Waals surface area contributed by atoms with Crippen LogP contribution in [0.25, 0.3) is 0 Å². The summed E-state index contributed by atoms with van der Waals surface area (Å²) in [5.41, 5.74) is 3.62. The summed E-state index contributed by atoms with van der Waals surface area (Å²) >= 11 is 0. The summed E-state index contributed by atoms with van der Waals surface area (Å²) in [7, 11) is -3.96. The van der Waals surface area contributed by atoms with Crippen LogP contribution in [0.1, 0.15) is 57.9 Å². The zero-order chi connectivity index (χ0) is 27.1. The molecule has 2 heterocycles. The lowest BCUT2D eigenvalue weighted by atomic mass is 10.1. The molecule has 2 aromatic carbocycles. The number of fused-ring (bicyclic) bond motifs is 1. The van der Waals surface area contributed by atoms with Gasteiger partial charge in [-0.25, -0.2) is 18.0 Å². The lowest BCUT2D eigenvalue weighted by molar-refractivity contribution is 0.0635. The lowest BCUT2D eigenvalue weighted by Crippen LogP contribution is -2.44. The summed E-state index contributed by atoms with van der Waals surface area (Å²) in [5.74, 6) is 0.772. The molecular formula is C26H32N4O7S. The van der Waals surface area contributed by atoms with E-state index in [1.165, 1.54) is 4.31 Å². The van der Waals surface area contributed by atoms with Gasteiger partial charge in [-0.15, -0.1) is 5.48 Å². The maximum Gasteiger partial charge on any atom is 0.427 e. The molecule has 1 saturated carbocycles. The Morgan fingerprint density at radius 1 is 1.16 bits per heavy atom. The van der Waals surface area contributed by atoms with Gasteiger partial charge in [0.2, 0.25) is 0 Å². The van der Waals surface area contributed by atoms with E-state index in [1.54, 1.807) is 57.2 Å². The third-order valence-electron chi connectivity index (χ3n) is 6.39. The average Bonchev–Trinajstić information content (AvgIpc) is 3.62. The van der Waals surface area contributed by atoms with Gasteiger partial charge in [0.15, 0.2) is 0 Å². The first-order valence-electron chi connectivity index (χ1n) is 12.6. The molecule has 2 amide bonds. The van der Waals surface area contributed by atoms with Gasteiger partial charge in [-0.2, -0.15) is 0 Å². The van der Waals surface area contributed by atoms with Crippen LogP contribution < -0.4 is 25.2 Å². The molecule has 3 aliphatic rings. The van der Waals surface area contributed by atoms with Gasteiger partial charge in [0, 0.05) is 5.69 Å². The fourth-order valence-corrected chi connectivity index (χ4v) is 6.03. The quantitative estimate of drug-likeness (QED) is 0.472. The second kappa shape index (κ2) is 9.99. The Labute approximate surface area is 221 Å². The van der Waals surface area contributed by atoms with Crippen LogP contribution in [0.4, 0.5) is 21.0 Å².